The number of carbonyl (C=O) groups is 1. The van der Waals surface area contributed by atoms with Crippen molar-refractivity contribution in [3.8, 4) is 5.75 Å². The van der Waals surface area contributed by atoms with Crippen molar-refractivity contribution >= 4 is 50.6 Å². The average Bonchev–Trinajstić information content (AvgIpc) is 2.48. The number of primary sulfonamides is 1. The van der Waals surface area contributed by atoms with Crippen molar-refractivity contribution < 1.29 is 17.9 Å². The minimum atomic E-state index is -4.06. The Morgan fingerprint density at radius 1 is 1.09 bits per heavy atom. The molecule has 0 aromatic heterocycles. The van der Waals surface area contributed by atoms with E-state index >= 15 is 0 Å². The van der Waals surface area contributed by atoms with E-state index in [9.17, 15) is 13.2 Å². The molecule has 5 nitrogen and oxygen atoms in total. The normalized spacial score (nSPS) is 11.3. The van der Waals surface area contributed by atoms with Crippen LogP contribution in [0.15, 0.2) is 35.2 Å². The number of hydrogen-bond donors (Lipinski definition) is 1. The fraction of sp³-hybridized carbons (Fsp3) is 0.0714. The van der Waals surface area contributed by atoms with Crippen LogP contribution in [0.25, 0.3) is 0 Å². The van der Waals surface area contributed by atoms with Gasteiger partial charge in [-0.3, -0.25) is 4.79 Å². The molecule has 0 aliphatic carbocycles. The van der Waals surface area contributed by atoms with E-state index in [0.717, 1.165) is 6.07 Å². The second-order valence-electron chi connectivity index (χ2n) is 4.46. The molecular weight excluding hydrogens is 385 g/mol. The molecule has 0 aliphatic heterocycles. The fourth-order valence-electron chi connectivity index (χ4n) is 1.88. The fourth-order valence-corrected chi connectivity index (χ4v) is 3.44. The number of ketones is 1. The molecule has 122 valence electrons. The van der Waals surface area contributed by atoms with Crippen LogP contribution < -0.4 is 9.88 Å². The van der Waals surface area contributed by atoms with Gasteiger partial charge < -0.3 is 4.74 Å². The molecule has 0 fully saturated rings. The lowest BCUT2D eigenvalue weighted by molar-refractivity contribution is 0.103. The molecule has 0 amide bonds. The Labute approximate surface area is 148 Å². The molecule has 2 rings (SSSR count). The van der Waals surface area contributed by atoms with Crippen LogP contribution in [0.1, 0.15) is 15.9 Å². The van der Waals surface area contributed by atoms with Gasteiger partial charge in [0.05, 0.1) is 17.2 Å². The van der Waals surface area contributed by atoms with Crippen molar-refractivity contribution in [1.82, 2.24) is 0 Å². The average molecular weight is 395 g/mol. The third kappa shape index (κ3) is 3.62. The molecule has 9 heteroatoms. The van der Waals surface area contributed by atoms with Crippen LogP contribution in [0, 0.1) is 0 Å². The third-order valence-electron chi connectivity index (χ3n) is 3.01. The summed E-state index contributed by atoms with van der Waals surface area (Å²) in [7, 11) is -2.65. The summed E-state index contributed by atoms with van der Waals surface area (Å²) in [4.78, 5) is 12.2. The van der Waals surface area contributed by atoms with Crippen molar-refractivity contribution in [2.75, 3.05) is 7.11 Å². The van der Waals surface area contributed by atoms with Crippen LogP contribution in [0.2, 0.25) is 15.1 Å². The van der Waals surface area contributed by atoms with Crippen LogP contribution in [0.3, 0.4) is 0 Å². The number of benzene rings is 2. The predicted molar refractivity (Wildman–Crippen MR) is 89.3 cm³/mol. The summed E-state index contributed by atoms with van der Waals surface area (Å²) in [5.41, 5.74) is 0.154. The zero-order valence-corrected chi connectivity index (χ0v) is 14.7. The number of nitrogens with two attached hydrogens (primary N) is 1. The summed E-state index contributed by atoms with van der Waals surface area (Å²) in [5.74, 6) is -0.212. The molecule has 0 heterocycles. The largest absolute Gasteiger partial charge is 0.495 e. The maximum absolute atomic E-state index is 12.5. The summed E-state index contributed by atoms with van der Waals surface area (Å²) in [6.45, 7) is 0. The maximum Gasteiger partial charge on any atom is 0.239 e. The molecule has 0 aliphatic rings. The van der Waals surface area contributed by atoms with E-state index in [1.165, 1.54) is 31.4 Å². The standard InChI is InChI=1S/C14H10Cl3NO4S/c1-22-10-5-3-8(12(16)13(10)17)14(19)7-2-4-9(15)11(6-7)23(18,20)21/h2-6H,1H3,(H2,18,20,21). The van der Waals surface area contributed by atoms with E-state index in [0.29, 0.717) is 5.75 Å². The van der Waals surface area contributed by atoms with E-state index in [1.807, 2.05) is 0 Å². The molecule has 0 unspecified atom stereocenters. The Balaban J connectivity index is 2.57. The van der Waals surface area contributed by atoms with Gasteiger partial charge in [0.1, 0.15) is 15.7 Å². The van der Waals surface area contributed by atoms with Crippen LogP contribution >= 0.6 is 34.8 Å². The molecule has 0 saturated carbocycles. The summed E-state index contributed by atoms with van der Waals surface area (Å²) in [5, 5.41) is 5.08. The first-order chi connectivity index (χ1) is 10.7. The van der Waals surface area contributed by atoms with Gasteiger partial charge >= 0.3 is 0 Å². The molecule has 0 spiro atoms. The van der Waals surface area contributed by atoms with Crippen LogP contribution in [0.4, 0.5) is 0 Å². The van der Waals surface area contributed by atoms with E-state index in [2.05, 4.69) is 0 Å². The maximum atomic E-state index is 12.5. The van der Waals surface area contributed by atoms with Gasteiger partial charge in [0.15, 0.2) is 5.78 Å². The van der Waals surface area contributed by atoms with Gasteiger partial charge in [0, 0.05) is 11.1 Å². The second-order valence-corrected chi connectivity index (χ2v) is 7.16. The number of methoxy groups -OCH3 is 1. The van der Waals surface area contributed by atoms with Crippen molar-refractivity contribution in [3.05, 3.63) is 56.5 Å². The van der Waals surface area contributed by atoms with Gasteiger partial charge in [-0.1, -0.05) is 34.8 Å². The minimum Gasteiger partial charge on any atom is -0.495 e. The monoisotopic (exact) mass is 393 g/mol. The van der Waals surface area contributed by atoms with Gasteiger partial charge in [-0.15, -0.1) is 0 Å². The van der Waals surface area contributed by atoms with Crippen LogP contribution in [-0.2, 0) is 10.0 Å². The van der Waals surface area contributed by atoms with Gasteiger partial charge in [-0.25, -0.2) is 13.6 Å². The van der Waals surface area contributed by atoms with Crippen molar-refractivity contribution in [2.45, 2.75) is 4.90 Å². The minimum absolute atomic E-state index is 0.00289. The lowest BCUT2D eigenvalue weighted by atomic mass is 10.0. The number of rotatable bonds is 4. The first-order valence-corrected chi connectivity index (χ1v) is 8.74. The van der Waals surface area contributed by atoms with Gasteiger partial charge in [0.25, 0.3) is 0 Å². The SMILES string of the molecule is COc1ccc(C(=O)c2ccc(Cl)c(S(N)(=O)=O)c2)c(Cl)c1Cl. The predicted octanol–water partition coefficient (Wildman–Crippen LogP) is 3.53. The van der Waals surface area contributed by atoms with Gasteiger partial charge in [0.2, 0.25) is 10.0 Å². The summed E-state index contributed by atoms with van der Waals surface area (Å²) < 4.78 is 28.0. The Kier molecular flexibility index (Phi) is 5.23. The number of hydrogen-bond acceptors (Lipinski definition) is 4. The molecule has 2 aromatic carbocycles. The molecule has 0 radical (unpaired) electrons. The third-order valence-corrected chi connectivity index (χ3v) is 5.27. The van der Waals surface area contributed by atoms with Crippen molar-refractivity contribution in [3.63, 3.8) is 0 Å². The van der Waals surface area contributed by atoms with Gasteiger partial charge in [-0.2, -0.15) is 0 Å². The lowest BCUT2D eigenvalue weighted by Crippen LogP contribution is -2.14. The zero-order valence-electron chi connectivity index (χ0n) is 11.6. The van der Waals surface area contributed by atoms with E-state index in [4.69, 9.17) is 44.7 Å². The van der Waals surface area contributed by atoms with E-state index in [-0.39, 0.29) is 31.1 Å². The second kappa shape index (κ2) is 6.67. The van der Waals surface area contributed by atoms with E-state index in [1.54, 1.807) is 0 Å². The van der Waals surface area contributed by atoms with E-state index < -0.39 is 15.8 Å². The summed E-state index contributed by atoms with van der Waals surface area (Å²) in [6.07, 6.45) is 0. The lowest BCUT2D eigenvalue weighted by Gasteiger charge is -2.10. The number of carbonyl (C=O) groups excluding carboxylic acids is 1. The quantitative estimate of drug-likeness (QED) is 0.804. The Hall–Kier alpha value is -1.31. The highest BCUT2D eigenvalue weighted by molar-refractivity contribution is 7.89. The number of sulfonamides is 1. The first kappa shape index (κ1) is 18.0. The van der Waals surface area contributed by atoms with Gasteiger partial charge in [-0.05, 0) is 30.3 Å². The molecule has 0 saturated heterocycles. The highest BCUT2D eigenvalue weighted by atomic mass is 35.5. The molecule has 2 N–H and O–H groups in total. The smallest absolute Gasteiger partial charge is 0.239 e. The molecular formula is C14H10Cl3NO4S. The number of ether oxygens (including phenoxy) is 1. The van der Waals surface area contributed by atoms with Crippen molar-refractivity contribution in [1.29, 1.82) is 0 Å². The van der Waals surface area contributed by atoms with Crippen LogP contribution in [-0.4, -0.2) is 21.3 Å². The highest BCUT2D eigenvalue weighted by Gasteiger charge is 2.21. The first-order valence-electron chi connectivity index (χ1n) is 6.06. The Bertz CT molecular complexity index is 897. The topological polar surface area (TPSA) is 86.5 Å². The molecule has 0 bridgehead atoms. The summed E-state index contributed by atoms with van der Waals surface area (Å²) >= 11 is 17.9. The zero-order chi connectivity index (χ0) is 17.4. The molecule has 2 aromatic rings. The molecule has 0 atom stereocenters. The Morgan fingerprint density at radius 2 is 1.74 bits per heavy atom. The Morgan fingerprint density at radius 3 is 2.30 bits per heavy atom. The van der Waals surface area contributed by atoms with Crippen molar-refractivity contribution in [2.24, 2.45) is 5.14 Å². The summed E-state index contributed by atoms with van der Waals surface area (Å²) in [6, 6.07) is 6.65. The highest BCUT2D eigenvalue weighted by Crippen LogP contribution is 2.35. The van der Waals surface area contributed by atoms with Crippen LogP contribution in [0.5, 0.6) is 5.75 Å². The number of halogens is 3. The molecule has 23 heavy (non-hydrogen) atoms.